The van der Waals surface area contributed by atoms with Crippen molar-refractivity contribution in [1.82, 2.24) is 25.7 Å². The zero-order valence-electron chi connectivity index (χ0n) is 35.0. The van der Waals surface area contributed by atoms with Crippen LogP contribution in [0.2, 0.25) is 0 Å². The summed E-state index contributed by atoms with van der Waals surface area (Å²) in [5.74, 6) is 0.436. The molecule has 302 valence electrons. The molecule has 0 saturated carbocycles. The Balaban J connectivity index is 1.21. The Morgan fingerprint density at radius 3 is 2.35 bits per heavy atom. The van der Waals surface area contributed by atoms with Gasteiger partial charge in [-0.05, 0) is 89.2 Å². The molecule has 0 atom stereocenters. The number of nitrogens with one attached hydrogen (secondary N) is 1. The van der Waals surface area contributed by atoms with Crippen molar-refractivity contribution >= 4 is 40.7 Å². The first-order valence-corrected chi connectivity index (χ1v) is 20.4. The standard InChI is InChI=1S/C45H57ClN8O3/c1-43(2,3)57-42(55)47-27-15-28-53-35-21-12-10-19-33(35)44(4,5)37(53)25-23-31-17-14-18-32(39(31)46)24-26-38-45(6,7)34-20-11-13-22-36(34)54(38)29-16-30-56-41-50-48-40(49-51-41)52(8)9/h10-13,19-26H,14-18,27-30H2,1-9H3/p+1. The first-order chi connectivity index (χ1) is 27.1. The Labute approximate surface area is 343 Å². The fourth-order valence-corrected chi connectivity index (χ4v) is 8.23. The summed E-state index contributed by atoms with van der Waals surface area (Å²) in [5, 5.41) is 20.0. The van der Waals surface area contributed by atoms with E-state index in [9.17, 15) is 4.79 Å². The Morgan fingerprint density at radius 1 is 0.930 bits per heavy atom. The molecule has 0 spiro atoms. The number of anilines is 2. The van der Waals surface area contributed by atoms with Crippen molar-refractivity contribution in [2.24, 2.45) is 0 Å². The van der Waals surface area contributed by atoms with Crippen LogP contribution in [0.25, 0.3) is 0 Å². The summed E-state index contributed by atoms with van der Waals surface area (Å²) in [6.45, 7) is 17.2. The van der Waals surface area contributed by atoms with Gasteiger partial charge in [0, 0.05) is 73.1 Å². The molecule has 12 heteroatoms. The van der Waals surface area contributed by atoms with E-state index in [-0.39, 0.29) is 22.9 Å². The van der Waals surface area contributed by atoms with E-state index >= 15 is 0 Å². The van der Waals surface area contributed by atoms with Gasteiger partial charge in [0.05, 0.1) is 12.0 Å². The smallest absolute Gasteiger partial charge is 0.407 e. The van der Waals surface area contributed by atoms with Crippen molar-refractivity contribution in [2.45, 2.75) is 97.0 Å². The average molecular weight is 794 g/mol. The van der Waals surface area contributed by atoms with Crippen LogP contribution in [0.1, 0.15) is 91.7 Å². The van der Waals surface area contributed by atoms with Crippen LogP contribution < -0.4 is 19.9 Å². The summed E-state index contributed by atoms with van der Waals surface area (Å²) in [4.78, 5) is 16.4. The van der Waals surface area contributed by atoms with Gasteiger partial charge in [-0.3, -0.25) is 0 Å². The van der Waals surface area contributed by atoms with Gasteiger partial charge in [0.25, 0.3) is 5.95 Å². The molecule has 1 amide bonds. The minimum atomic E-state index is -0.530. The van der Waals surface area contributed by atoms with Crippen molar-refractivity contribution in [3.63, 3.8) is 0 Å². The summed E-state index contributed by atoms with van der Waals surface area (Å²) in [6, 6.07) is 17.4. The van der Waals surface area contributed by atoms with Crippen LogP contribution in [0.5, 0.6) is 6.01 Å². The quantitative estimate of drug-likeness (QED) is 0.134. The summed E-state index contributed by atoms with van der Waals surface area (Å²) in [6.07, 6.45) is 13.0. The Bertz CT molecular complexity index is 2110. The van der Waals surface area contributed by atoms with E-state index in [1.807, 2.05) is 34.9 Å². The lowest BCUT2D eigenvalue weighted by Crippen LogP contribution is -2.34. The van der Waals surface area contributed by atoms with Gasteiger partial charge in [0.15, 0.2) is 12.3 Å². The average Bonchev–Trinajstić information content (AvgIpc) is 3.51. The molecule has 6 rings (SSSR count). The SMILES string of the molecule is CN(C)c1nnc(OCCC[N+]2=C(C=CC3=C(Cl)C(=CC=C4N(CCCNC(=O)OC(C)(C)C)c5ccccc5C4(C)C)CCC3)C(C)(C)c3ccccc32)nn1. The lowest BCUT2D eigenvalue weighted by molar-refractivity contribution is -0.438. The van der Waals surface area contributed by atoms with Gasteiger partial charge < -0.3 is 24.6 Å². The molecule has 0 unspecified atom stereocenters. The number of hydrogen-bond donors (Lipinski definition) is 1. The molecule has 2 aliphatic heterocycles. The maximum absolute atomic E-state index is 12.3. The molecule has 0 radical (unpaired) electrons. The van der Waals surface area contributed by atoms with E-state index in [0.717, 1.165) is 61.4 Å². The molecule has 1 aromatic heterocycles. The number of nitrogens with zero attached hydrogens (tertiary/aromatic N) is 7. The lowest BCUT2D eigenvalue weighted by Gasteiger charge is -2.27. The highest BCUT2D eigenvalue weighted by atomic mass is 35.5. The van der Waals surface area contributed by atoms with Gasteiger partial charge >= 0.3 is 12.1 Å². The van der Waals surface area contributed by atoms with Gasteiger partial charge in [-0.15, -0.1) is 10.2 Å². The van der Waals surface area contributed by atoms with Crippen molar-refractivity contribution in [1.29, 1.82) is 0 Å². The maximum atomic E-state index is 12.3. The highest BCUT2D eigenvalue weighted by molar-refractivity contribution is 6.32. The van der Waals surface area contributed by atoms with E-state index in [2.05, 4.69) is 136 Å². The molecule has 1 N–H and O–H groups in total. The van der Waals surface area contributed by atoms with Gasteiger partial charge in [0.1, 0.15) is 5.60 Å². The summed E-state index contributed by atoms with van der Waals surface area (Å²) >= 11 is 7.28. The second kappa shape index (κ2) is 17.2. The number of hydrogen-bond acceptors (Lipinski definition) is 9. The molecule has 1 aliphatic carbocycles. The molecule has 2 aromatic carbocycles. The first-order valence-electron chi connectivity index (χ1n) is 20.0. The van der Waals surface area contributed by atoms with Crippen LogP contribution in [0.3, 0.4) is 0 Å². The molecule has 57 heavy (non-hydrogen) atoms. The summed E-state index contributed by atoms with van der Waals surface area (Å²) in [5.41, 5.74) is 8.78. The van der Waals surface area contributed by atoms with E-state index in [1.54, 1.807) is 4.90 Å². The third kappa shape index (κ3) is 9.41. The van der Waals surface area contributed by atoms with Gasteiger partial charge in [0.2, 0.25) is 5.69 Å². The van der Waals surface area contributed by atoms with E-state index in [4.69, 9.17) is 21.1 Å². The van der Waals surface area contributed by atoms with Crippen LogP contribution in [0.15, 0.2) is 94.7 Å². The predicted octanol–water partition coefficient (Wildman–Crippen LogP) is 8.93. The number of alkyl carbamates (subject to hydrolysis) is 1. The van der Waals surface area contributed by atoms with E-state index < -0.39 is 5.60 Å². The fourth-order valence-electron chi connectivity index (χ4n) is 7.91. The minimum Gasteiger partial charge on any atom is -0.461 e. The molecular formula is C45H58ClN8O3+. The van der Waals surface area contributed by atoms with Crippen molar-refractivity contribution in [3.05, 3.63) is 106 Å². The van der Waals surface area contributed by atoms with Crippen molar-refractivity contribution in [3.8, 4) is 6.01 Å². The number of allylic oxidation sites excluding steroid dienone is 8. The van der Waals surface area contributed by atoms with Crippen LogP contribution in [0, 0.1) is 0 Å². The molecular weight excluding hydrogens is 736 g/mol. The zero-order valence-corrected chi connectivity index (χ0v) is 35.8. The number of benzene rings is 2. The Kier molecular flexibility index (Phi) is 12.6. The molecule has 3 heterocycles. The maximum Gasteiger partial charge on any atom is 0.407 e. The second-order valence-corrected chi connectivity index (χ2v) is 17.5. The lowest BCUT2D eigenvalue weighted by atomic mass is 9.81. The minimum absolute atomic E-state index is 0.173. The summed E-state index contributed by atoms with van der Waals surface area (Å²) in [7, 11) is 3.68. The monoisotopic (exact) mass is 793 g/mol. The largest absolute Gasteiger partial charge is 0.461 e. The number of amides is 1. The first kappa shape index (κ1) is 41.6. The number of carbonyl (C=O) groups is 1. The van der Waals surface area contributed by atoms with Gasteiger partial charge in [-0.25, -0.2) is 4.79 Å². The molecule has 3 aliphatic rings. The topological polar surface area (TPSA) is 109 Å². The number of fused-ring (bicyclic) bond motifs is 2. The third-order valence-corrected chi connectivity index (χ3v) is 11.3. The van der Waals surface area contributed by atoms with Crippen molar-refractivity contribution < 1.29 is 18.8 Å². The summed E-state index contributed by atoms with van der Waals surface area (Å²) < 4.78 is 13.7. The number of rotatable bonds is 13. The molecule has 11 nitrogen and oxygen atoms in total. The van der Waals surface area contributed by atoms with Crippen LogP contribution in [-0.4, -0.2) is 82.7 Å². The molecule has 3 aromatic rings. The van der Waals surface area contributed by atoms with E-state index in [1.165, 1.54) is 33.9 Å². The second-order valence-electron chi connectivity index (χ2n) is 17.1. The fraction of sp³-hybridized carbons (Fsp3) is 0.467. The van der Waals surface area contributed by atoms with Crippen LogP contribution in [-0.2, 0) is 15.6 Å². The Hall–Kier alpha value is -5.03. The van der Waals surface area contributed by atoms with Gasteiger partial charge in [-0.1, -0.05) is 84.2 Å². The Morgan fingerprint density at radius 2 is 1.63 bits per heavy atom. The highest BCUT2D eigenvalue weighted by Crippen LogP contribution is 2.48. The predicted molar refractivity (Wildman–Crippen MR) is 229 cm³/mol. The number of halogens is 1. The third-order valence-electron chi connectivity index (χ3n) is 10.8. The molecule has 0 fully saturated rings. The highest BCUT2D eigenvalue weighted by Gasteiger charge is 2.44. The van der Waals surface area contributed by atoms with Crippen LogP contribution >= 0.6 is 11.6 Å². The number of para-hydroxylation sites is 2. The van der Waals surface area contributed by atoms with Crippen molar-refractivity contribution in [2.75, 3.05) is 50.1 Å². The molecule has 0 saturated heterocycles. The zero-order chi connectivity index (χ0) is 41.0. The number of carbonyl (C=O) groups excluding carboxylic acids is 1. The van der Waals surface area contributed by atoms with E-state index in [0.29, 0.717) is 19.1 Å². The number of ether oxygens (including phenoxy) is 2. The van der Waals surface area contributed by atoms with Crippen LogP contribution in [0.4, 0.5) is 22.1 Å². The normalized spacial score (nSPS) is 18.7. The molecule has 0 bridgehead atoms. The van der Waals surface area contributed by atoms with Gasteiger partial charge in [-0.2, -0.15) is 4.58 Å². The number of aromatic nitrogens is 4.